The molecule has 1 aliphatic heterocycles. The van der Waals surface area contributed by atoms with Crippen molar-refractivity contribution in [3.05, 3.63) is 35.9 Å². The van der Waals surface area contributed by atoms with Crippen molar-refractivity contribution in [2.24, 2.45) is 0 Å². The molecule has 1 aliphatic rings. The summed E-state index contributed by atoms with van der Waals surface area (Å²) in [6, 6.07) is 1.53. The Bertz CT molecular complexity index is 342. The molecule has 0 aromatic carbocycles. The van der Waals surface area contributed by atoms with E-state index < -0.39 is 0 Å². The number of nitrogens with zero attached hydrogens (tertiary/aromatic N) is 1. The van der Waals surface area contributed by atoms with E-state index in [1.165, 1.54) is 17.8 Å². The second kappa shape index (κ2) is 6.77. The van der Waals surface area contributed by atoms with Crippen LogP contribution in [0.5, 0.6) is 0 Å². The normalized spacial score (nSPS) is 14.6. The molecule has 0 radical (unpaired) electrons. The molecule has 0 bridgehead atoms. The van der Waals surface area contributed by atoms with Crippen molar-refractivity contribution in [2.45, 2.75) is 6.42 Å². The Hall–Kier alpha value is -0.640. The van der Waals surface area contributed by atoms with Gasteiger partial charge in [-0.3, -0.25) is 4.98 Å². The van der Waals surface area contributed by atoms with E-state index >= 15 is 0 Å². The lowest BCUT2D eigenvalue weighted by atomic mass is 10.0. The number of rotatable bonds is 1. The van der Waals surface area contributed by atoms with E-state index in [4.69, 9.17) is 0 Å². The third-order valence-electron chi connectivity index (χ3n) is 2.14. The van der Waals surface area contributed by atoms with E-state index in [2.05, 4.69) is 16.4 Å². The molecule has 1 aromatic heterocycles. The van der Waals surface area contributed by atoms with Crippen LogP contribution in [0.25, 0.3) is 5.57 Å². The molecule has 15 heavy (non-hydrogen) atoms. The topological polar surface area (TPSA) is 24.9 Å². The van der Waals surface area contributed by atoms with Crippen molar-refractivity contribution >= 4 is 30.4 Å². The number of aromatic nitrogens is 1. The lowest BCUT2D eigenvalue weighted by Gasteiger charge is -2.13. The van der Waals surface area contributed by atoms with Gasteiger partial charge in [0.1, 0.15) is 5.82 Å². The van der Waals surface area contributed by atoms with Crippen molar-refractivity contribution in [3.63, 3.8) is 0 Å². The molecule has 0 unspecified atom stereocenters. The lowest BCUT2D eigenvalue weighted by Crippen LogP contribution is -2.20. The molecule has 2 rings (SSSR count). The van der Waals surface area contributed by atoms with Gasteiger partial charge in [-0.1, -0.05) is 6.08 Å². The molecule has 0 aliphatic carbocycles. The van der Waals surface area contributed by atoms with E-state index in [0.717, 1.165) is 25.1 Å². The van der Waals surface area contributed by atoms with Crippen LogP contribution < -0.4 is 5.32 Å². The first-order valence-corrected chi connectivity index (χ1v) is 4.37. The maximum atomic E-state index is 12.8. The Morgan fingerprint density at radius 1 is 1.27 bits per heavy atom. The fourth-order valence-electron chi connectivity index (χ4n) is 1.47. The lowest BCUT2D eigenvalue weighted by molar-refractivity contribution is 0.620. The third kappa shape index (κ3) is 3.78. The Morgan fingerprint density at radius 2 is 2.07 bits per heavy atom. The van der Waals surface area contributed by atoms with Crippen LogP contribution in [-0.4, -0.2) is 18.1 Å². The van der Waals surface area contributed by atoms with Crippen molar-refractivity contribution in [2.75, 3.05) is 13.1 Å². The van der Waals surface area contributed by atoms with Crippen LogP contribution in [0.3, 0.4) is 0 Å². The van der Waals surface area contributed by atoms with Gasteiger partial charge in [-0.05, 0) is 30.2 Å². The van der Waals surface area contributed by atoms with E-state index in [-0.39, 0.29) is 30.6 Å². The zero-order chi connectivity index (χ0) is 9.10. The molecule has 0 atom stereocenters. The molecule has 2 heterocycles. The van der Waals surface area contributed by atoms with Gasteiger partial charge in [0.05, 0.1) is 6.20 Å². The Balaban J connectivity index is 0.000000980. The van der Waals surface area contributed by atoms with Gasteiger partial charge in [-0.25, -0.2) is 4.39 Å². The van der Waals surface area contributed by atoms with Crippen LogP contribution in [0.1, 0.15) is 12.0 Å². The molecule has 0 fully saturated rings. The molecule has 0 saturated carbocycles. The molecule has 0 spiro atoms. The minimum atomic E-state index is -0.267. The number of pyridine rings is 1. The van der Waals surface area contributed by atoms with Crippen LogP contribution in [0.4, 0.5) is 4.39 Å². The summed E-state index contributed by atoms with van der Waals surface area (Å²) in [5.74, 6) is -0.267. The summed E-state index contributed by atoms with van der Waals surface area (Å²) in [5.41, 5.74) is 2.09. The number of hydrogen-bond acceptors (Lipinski definition) is 2. The molecule has 84 valence electrons. The molecule has 5 heteroatoms. The van der Waals surface area contributed by atoms with Crippen LogP contribution in [-0.2, 0) is 0 Å². The molecular weight excluding hydrogens is 238 g/mol. The highest BCUT2D eigenvalue weighted by Crippen LogP contribution is 2.18. The van der Waals surface area contributed by atoms with Gasteiger partial charge in [-0.15, -0.1) is 24.8 Å². The van der Waals surface area contributed by atoms with Gasteiger partial charge in [0.15, 0.2) is 0 Å². The highest BCUT2D eigenvalue weighted by molar-refractivity contribution is 5.85. The van der Waals surface area contributed by atoms with Crippen LogP contribution in [0.2, 0.25) is 0 Å². The maximum Gasteiger partial charge on any atom is 0.142 e. The van der Waals surface area contributed by atoms with Gasteiger partial charge in [0.25, 0.3) is 0 Å². The molecule has 1 aromatic rings. The molecular formula is C10H13Cl2FN2. The van der Waals surface area contributed by atoms with Crippen LogP contribution in [0, 0.1) is 5.82 Å². The summed E-state index contributed by atoms with van der Waals surface area (Å²) >= 11 is 0. The third-order valence-corrected chi connectivity index (χ3v) is 2.14. The zero-order valence-electron chi connectivity index (χ0n) is 8.07. The van der Waals surface area contributed by atoms with E-state index in [0.29, 0.717) is 0 Å². The molecule has 1 N–H and O–H groups in total. The van der Waals surface area contributed by atoms with Crippen molar-refractivity contribution in [1.82, 2.24) is 10.3 Å². The Morgan fingerprint density at radius 3 is 2.67 bits per heavy atom. The molecule has 2 nitrogen and oxygen atoms in total. The Labute approximate surface area is 101 Å². The van der Waals surface area contributed by atoms with Crippen LogP contribution >= 0.6 is 24.8 Å². The monoisotopic (exact) mass is 250 g/mol. The summed E-state index contributed by atoms with van der Waals surface area (Å²) in [4.78, 5) is 3.82. The summed E-state index contributed by atoms with van der Waals surface area (Å²) in [7, 11) is 0. The van der Waals surface area contributed by atoms with Gasteiger partial charge < -0.3 is 5.32 Å². The standard InChI is InChI=1S/C10H11FN2.2ClH/c11-10-5-9(6-13-7-10)8-1-3-12-4-2-8;;/h1,5-7,12H,2-4H2;2*1H. The first-order valence-electron chi connectivity index (χ1n) is 4.37. The van der Waals surface area contributed by atoms with Gasteiger partial charge in [0, 0.05) is 12.7 Å². The second-order valence-corrected chi connectivity index (χ2v) is 3.08. The zero-order valence-corrected chi connectivity index (χ0v) is 9.71. The molecule has 0 saturated heterocycles. The number of halogens is 3. The predicted molar refractivity (Wildman–Crippen MR) is 64.2 cm³/mol. The van der Waals surface area contributed by atoms with E-state index in [1.807, 2.05) is 0 Å². The van der Waals surface area contributed by atoms with Crippen molar-refractivity contribution < 1.29 is 4.39 Å². The van der Waals surface area contributed by atoms with Gasteiger partial charge in [-0.2, -0.15) is 0 Å². The molecule has 0 amide bonds. The summed E-state index contributed by atoms with van der Waals surface area (Å²) in [6.45, 7) is 1.83. The van der Waals surface area contributed by atoms with Crippen LogP contribution in [0.15, 0.2) is 24.5 Å². The first-order chi connectivity index (χ1) is 6.36. The SMILES string of the molecule is Cl.Cl.Fc1cncc(C2=CCNCC2)c1. The minimum absolute atomic E-state index is 0. The van der Waals surface area contributed by atoms with Gasteiger partial charge >= 0.3 is 0 Å². The largest absolute Gasteiger partial charge is 0.313 e. The predicted octanol–water partition coefficient (Wildman–Crippen LogP) is 2.44. The highest BCUT2D eigenvalue weighted by atomic mass is 35.5. The van der Waals surface area contributed by atoms with E-state index in [1.54, 1.807) is 6.20 Å². The summed E-state index contributed by atoms with van der Waals surface area (Å²) in [5, 5.41) is 3.21. The number of nitrogens with one attached hydrogen (secondary N) is 1. The van der Waals surface area contributed by atoms with Gasteiger partial charge in [0.2, 0.25) is 0 Å². The fourth-order valence-corrected chi connectivity index (χ4v) is 1.47. The van der Waals surface area contributed by atoms with E-state index in [9.17, 15) is 4.39 Å². The number of hydrogen-bond donors (Lipinski definition) is 1. The smallest absolute Gasteiger partial charge is 0.142 e. The maximum absolute atomic E-state index is 12.8. The first kappa shape index (κ1) is 14.4. The minimum Gasteiger partial charge on any atom is -0.313 e. The summed E-state index contributed by atoms with van der Waals surface area (Å²) in [6.07, 6.45) is 5.97. The van der Waals surface area contributed by atoms with Crippen molar-refractivity contribution in [1.29, 1.82) is 0 Å². The quantitative estimate of drug-likeness (QED) is 0.829. The van der Waals surface area contributed by atoms with Crippen molar-refractivity contribution in [3.8, 4) is 0 Å². The summed E-state index contributed by atoms with van der Waals surface area (Å²) < 4.78 is 12.8. The average molecular weight is 251 g/mol. The second-order valence-electron chi connectivity index (χ2n) is 3.08. The average Bonchev–Trinajstić information content (AvgIpc) is 2.19. The fraction of sp³-hybridized carbons (Fsp3) is 0.300. The Kier molecular flexibility index (Phi) is 6.48. The highest BCUT2D eigenvalue weighted by Gasteiger charge is 2.06.